The Hall–Kier alpha value is -0.760. The molecule has 2 aromatic rings. The molecule has 1 N–H and O–H groups in total. The number of hydrogen-bond acceptors (Lipinski definition) is 4. The normalized spacial score (nSPS) is 11.6. The van der Waals surface area contributed by atoms with Gasteiger partial charge < -0.3 is 4.98 Å². The summed E-state index contributed by atoms with van der Waals surface area (Å²) in [5.41, 5.74) is 1.26. The van der Waals surface area contributed by atoms with Crippen molar-refractivity contribution in [2.75, 3.05) is 4.43 Å². The lowest BCUT2D eigenvalue weighted by Crippen LogP contribution is -1.86. The van der Waals surface area contributed by atoms with Gasteiger partial charge in [-0.05, 0) is 28.9 Å². The van der Waals surface area contributed by atoms with E-state index in [4.69, 9.17) is 11.6 Å². The first-order valence-electron chi connectivity index (χ1n) is 4.76. The summed E-state index contributed by atoms with van der Waals surface area (Å²) in [5, 5.41) is 0.167. The predicted octanol–water partition coefficient (Wildman–Crippen LogP) is 2.92. The van der Waals surface area contributed by atoms with Crippen LogP contribution in [0.3, 0.4) is 0 Å². The Bertz CT molecular complexity index is 510. The number of fused-ring (bicyclic) bond motifs is 1. The fraction of sp³-hybridized carbons (Fsp3) is 0.333. The van der Waals surface area contributed by atoms with Gasteiger partial charge in [-0.3, -0.25) is 0 Å². The molecule has 0 saturated carbocycles. The first-order chi connectivity index (χ1) is 7.81. The predicted molar refractivity (Wildman–Crippen MR) is 73.0 cm³/mol. The van der Waals surface area contributed by atoms with Crippen molar-refractivity contribution in [3.63, 3.8) is 0 Å². The fourth-order valence-corrected chi connectivity index (χ4v) is 1.81. The van der Waals surface area contributed by atoms with Gasteiger partial charge in [0.2, 0.25) is 5.28 Å². The molecule has 0 spiro atoms. The third kappa shape index (κ3) is 2.67. The zero-order chi connectivity index (χ0) is 11.4. The number of aromatic nitrogens is 4. The van der Waals surface area contributed by atoms with Crippen LogP contribution in [-0.2, 0) is 0 Å². The molecule has 84 valence electrons. The van der Waals surface area contributed by atoms with Crippen molar-refractivity contribution < 1.29 is 0 Å². The zero-order valence-electron chi connectivity index (χ0n) is 8.32. The molecule has 0 aliphatic carbocycles. The molecule has 16 heavy (non-hydrogen) atoms. The van der Waals surface area contributed by atoms with Gasteiger partial charge in [0.1, 0.15) is 5.52 Å². The van der Waals surface area contributed by atoms with E-state index in [2.05, 4.69) is 47.5 Å². The van der Waals surface area contributed by atoms with Crippen molar-refractivity contribution in [2.24, 2.45) is 4.99 Å². The lowest BCUT2D eigenvalue weighted by atomic mass is 10.4. The minimum atomic E-state index is 0.167. The van der Waals surface area contributed by atoms with Crippen LogP contribution >= 0.6 is 34.2 Å². The third-order valence-electron chi connectivity index (χ3n) is 1.92. The summed E-state index contributed by atoms with van der Waals surface area (Å²) in [6, 6.07) is 0. The molecule has 0 bridgehead atoms. The number of nitrogens with one attached hydrogen (secondary N) is 1. The van der Waals surface area contributed by atoms with Crippen LogP contribution in [0.1, 0.15) is 12.8 Å². The molecular weight excluding hydrogens is 340 g/mol. The summed E-state index contributed by atoms with van der Waals surface area (Å²) < 4.78 is 1.12. The van der Waals surface area contributed by atoms with Crippen molar-refractivity contribution in [2.45, 2.75) is 12.8 Å². The zero-order valence-corrected chi connectivity index (χ0v) is 11.2. The van der Waals surface area contributed by atoms with Crippen LogP contribution in [0, 0.1) is 0 Å². The fourth-order valence-electron chi connectivity index (χ4n) is 1.20. The Morgan fingerprint density at radius 2 is 2.38 bits per heavy atom. The van der Waals surface area contributed by atoms with Crippen LogP contribution in [0.15, 0.2) is 11.3 Å². The summed E-state index contributed by atoms with van der Waals surface area (Å²) in [7, 11) is 0. The van der Waals surface area contributed by atoms with Gasteiger partial charge in [-0.2, -0.15) is 9.97 Å². The molecular formula is C9H9ClIN5. The van der Waals surface area contributed by atoms with Crippen molar-refractivity contribution in [1.29, 1.82) is 0 Å². The van der Waals surface area contributed by atoms with Gasteiger partial charge in [0, 0.05) is 6.21 Å². The summed E-state index contributed by atoms with van der Waals surface area (Å²) in [5.74, 6) is 0.543. The summed E-state index contributed by atoms with van der Waals surface area (Å²) in [4.78, 5) is 19.3. The van der Waals surface area contributed by atoms with E-state index in [9.17, 15) is 0 Å². The Labute approximate surface area is 111 Å². The minimum absolute atomic E-state index is 0.167. The monoisotopic (exact) mass is 349 g/mol. The number of unbranched alkanes of at least 4 members (excludes halogenated alkanes) is 1. The third-order valence-corrected chi connectivity index (χ3v) is 2.85. The van der Waals surface area contributed by atoms with E-state index in [0.29, 0.717) is 11.5 Å². The molecule has 0 saturated heterocycles. The molecule has 2 aromatic heterocycles. The van der Waals surface area contributed by atoms with E-state index in [0.717, 1.165) is 22.8 Å². The summed E-state index contributed by atoms with van der Waals surface area (Å²) in [6.07, 6.45) is 5.44. The van der Waals surface area contributed by atoms with Crippen LogP contribution < -0.4 is 0 Å². The Morgan fingerprint density at radius 3 is 3.19 bits per heavy atom. The van der Waals surface area contributed by atoms with Gasteiger partial charge in [-0.25, -0.2) is 9.98 Å². The highest BCUT2D eigenvalue weighted by Gasteiger charge is 2.06. The molecule has 2 heterocycles. The number of halogens is 2. The van der Waals surface area contributed by atoms with E-state index in [-0.39, 0.29) is 5.28 Å². The summed E-state index contributed by atoms with van der Waals surface area (Å²) >= 11 is 8.11. The number of imidazole rings is 1. The highest BCUT2D eigenvalue weighted by atomic mass is 127. The van der Waals surface area contributed by atoms with Crippen LogP contribution in [0.5, 0.6) is 0 Å². The average molecular weight is 350 g/mol. The molecule has 0 fully saturated rings. The van der Waals surface area contributed by atoms with Crippen molar-refractivity contribution in [1.82, 2.24) is 19.9 Å². The second kappa shape index (κ2) is 5.53. The topological polar surface area (TPSA) is 66.8 Å². The van der Waals surface area contributed by atoms with E-state index in [1.807, 2.05) is 6.21 Å². The molecule has 0 radical (unpaired) electrons. The van der Waals surface area contributed by atoms with Crippen molar-refractivity contribution in [3.05, 3.63) is 11.6 Å². The van der Waals surface area contributed by atoms with Gasteiger partial charge in [-0.1, -0.05) is 22.6 Å². The minimum Gasteiger partial charge on any atom is -0.340 e. The second-order valence-electron chi connectivity index (χ2n) is 3.06. The lowest BCUT2D eigenvalue weighted by molar-refractivity contribution is 1.04. The van der Waals surface area contributed by atoms with Gasteiger partial charge in [0.05, 0.1) is 6.33 Å². The van der Waals surface area contributed by atoms with E-state index >= 15 is 0 Å². The highest BCUT2D eigenvalue weighted by Crippen LogP contribution is 2.20. The average Bonchev–Trinajstić information content (AvgIpc) is 2.72. The SMILES string of the molecule is Clc1nc(N=CCCCI)c2[nH]cnc2n1. The van der Waals surface area contributed by atoms with Gasteiger partial charge in [0.25, 0.3) is 0 Å². The standard InChI is InChI=1S/C9H9ClIN5/c10-9-15-7(12-4-2-1-3-11)6-8(16-9)14-5-13-6/h4-5H,1-3H2,(H,13,14,15,16). The molecule has 0 atom stereocenters. The number of rotatable bonds is 4. The lowest BCUT2D eigenvalue weighted by Gasteiger charge is -1.95. The van der Waals surface area contributed by atoms with Crippen LogP contribution in [0.25, 0.3) is 11.2 Å². The van der Waals surface area contributed by atoms with Gasteiger partial charge >= 0.3 is 0 Å². The molecule has 0 aliphatic heterocycles. The Kier molecular flexibility index (Phi) is 4.05. The van der Waals surface area contributed by atoms with E-state index in [1.54, 1.807) is 6.33 Å². The molecule has 0 aliphatic rings. The van der Waals surface area contributed by atoms with E-state index in [1.165, 1.54) is 0 Å². The molecule has 0 aromatic carbocycles. The molecule has 7 heteroatoms. The highest BCUT2D eigenvalue weighted by molar-refractivity contribution is 14.1. The van der Waals surface area contributed by atoms with Crippen LogP contribution in [0.2, 0.25) is 5.28 Å². The quantitative estimate of drug-likeness (QED) is 0.303. The first-order valence-corrected chi connectivity index (χ1v) is 6.66. The molecule has 0 unspecified atom stereocenters. The number of hydrogen-bond donors (Lipinski definition) is 1. The van der Waals surface area contributed by atoms with Gasteiger partial charge in [0.15, 0.2) is 11.5 Å². The second-order valence-corrected chi connectivity index (χ2v) is 4.48. The van der Waals surface area contributed by atoms with Crippen LogP contribution in [-0.4, -0.2) is 30.6 Å². The number of H-pyrrole nitrogens is 1. The Morgan fingerprint density at radius 1 is 1.50 bits per heavy atom. The summed E-state index contributed by atoms with van der Waals surface area (Å²) in [6.45, 7) is 0. The first kappa shape index (κ1) is 11.7. The number of alkyl halides is 1. The number of aromatic amines is 1. The van der Waals surface area contributed by atoms with E-state index < -0.39 is 0 Å². The molecule has 2 rings (SSSR count). The maximum absolute atomic E-state index is 5.77. The van der Waals surface area contributed by atoms with Gasteiger partial charge in [-0.15, -0.1) is 0 Å². The maximum Gasteiger partial charge on any atom is 0.226 e. The molecule has 5 nitrogen and oxygen atoms in total. The van der Waals surface area contributed by atoms with Crippen LogP contribution in [0.4, 0.5) is 5.82 Å². The smallest absolute Gasteiger partial charge is 0.226 e. The van der Waals surface area contributed by atoms with Crippen molar-refractivity contribution >= 4 is 57.4 Å². The number of nitrogens with zero attached hydrogens (tertiary/aromatic N) is 4. The maximum atomic E-state index is 5.77. The number of aliphatic imine (C=N–C) groups is 1. The largest absolute Gasteiger partial charge is 0.340 e. The van der Waals surface area contributed by atoms with Crippen molar-refractivity contribution in [3.8, 4) is 0 Å². The Balaban J connectivity index is 2.28. The molecule has 0 amide bonds.